The predicted molar refractivity (Wildman–Crippen MR) is 72.0 cm³/mol. The Balaban J connectivity index is 1.82. The molecule has 4 heteroatoms. The lowest BCUT2D eigenvalue weighted by molar-refractivity contribution is -0.00758. The van der Waals surface area contributed by atoms with Crippen molar-refractivity contribution in [3.63, 3.8) is 0 Å². The molecule has 4 saturated carbocycles. The second kappa shape index (κ2) is 3.56. The van der Waals surface area contributed by atoms with Crippen LogP contribution in [0.4, 0.5) is 5.69 Å². The summed E-state index contributed by atoms with van der Waals surface area (Å²) in [6.45, 7) is 0. The molecule has 19 heavy (non-hydrogen) atoms. The van der Waals surface area contributed by atoms with E-state index in [4.69, 9.17) is 5.73 Å². The number of hydrogen-bond acceptors (Lipinski definition) is 2. The Labute approximate surface area is 112 Å². The maximum absolute atomic E-state index is 11.5. The molecule has 0 aromatic carbocycles. The molecule has 1 aromatic heterocycles. The predicted octanol–water partition coefficient (Wildman–Crippen LogP) is 2.76. The summed E-state index contributed by atoms with van der Waals surface area (Å²) in [6, 6.07) is 0. The molecule has 0 unspecified atom stereocenters. The van der Waals surface area contributed by atoms with Gasteiger partial charge in [0.1, 0.15) is 5.56 Å². The molecule has 102 valence electrons. The van der Waals surface area contributed by atoms with E-state index in [9.17, 15) is 9.90 Å². The number of nitrogens with one attached hydrogen (secondary N) is 1. The number of aromatic amines is 1. The maximum atomic E-state index is 11.5. The summed E-state index contributed by atoms with van der Waals surface area (Å²) in [5.41, 5.74) is 7.55. The van der Waals surface area contributed by atoms with Gasteiger partial charge in [0.2, 0.25) is 0 Å². The minimum Gasteiger partial charge on any atom is -0.478 e. The Hall–Kier alpha value is -1.45. The zero-order valence-electron chi connectivity index (χ0n) is 11.0. The lowest BCUT2D eigenvalue weighted by atomic mass is 9.48. The fourth-order valence-electron chi connectivity index (χ4n) is 5.50. The van der Waals surface area contributed by atoms with Gasteiger partial charge in [0.15, 0.2) is 0 Å². The van der Waals surface area contributed by atoms with Crippen molar-refractivity contribution in [2.75, 3.05) is 5.73 Å². The van der Waals surface area contributed by atoms with Crippen LogP contribution in [0.25, 0.3) is 0 Å². The largest absolute Gasteiger partial charge is 0.478 e. The van der Waals surface area contributed by atoms with Crippen molar-refractivity contribution in [2.45, 2.75) is 43.9 Å². The highest BCUT2D eigenvalue weighted by Gasteiger charge is 2.53. The maximum Gasteiger partial charge on any atom is 0.339 e. The monoisotopic (exact) mass is 260 g/mol. The number of hydrogen-bond donors (Lipinski definition) is 3. The van der Waals surface area contributed by atoms with E-state index in [2.05, 4.69) is 4.98 Å². The number of nitrogens with two attached hydrogens (primary N) is 1. The van der Waals surface area contributed by atoms with Crippen LogP contribution in [0.3, 0.4) is 0 Å². The number of aromatic carboxylic acids is 1. The van der Waals surface area contributed by atoms with Crippen molar-refractivity contribution in [1.29, 1.82) is 0 Å². The van der Waals surface area contributed by atoms with Crippen molar-refractivity contribution in [3.8, 4) is 0 Å². The molecule has 1 heterocycles. The molecule has 0 saturated heterocycles. The van der Waals surface area contributed by atoms with Crippen molar-refractivity contribution >= 4 is 11.7 Å². The van der Waals surface area contributed by atoms with Crippen molar-refractivity contribution in [2.24, 2.45) is 17.8 Å². The highest BCUT2D eigenvalue weighted by molar-refractivity contribution is 5.95. The van der Waals surface area contributed by atoms with E-state index in [1.54, 1.807) is 6.20 Å². The van der Waals surface area contributed by atoms with Gasteiger partial charge >= 0.3 is 5.97 Å². The van der Waals surface area contributed by atoms with E-state index in [0.717, 1.165) is 42.7 Å². The smallest absolute Gasteiger partial charge is 0.339 e. The summed E-state index contributed by atoms with van der Waals surface area (Å²) in [5.74, 6) is 1.52. The molecule has 4 aliphatic carbocycles. The molecular formula is C15H20N2O2. The standard InChI is InChI=1S/C15H20N2O2/c16-11-7-17-13(12(11)14(18)19)15-4-8-1-9(5-15)3-10(2-8)6-15/h7-10,17H,1-6,16H2,(H,18,19). The second-order valence-corrected chi connectivity index (χ2v) is 7.00. The number of H-pyrrole nitrogens is 1. The summed E-state index contributed by atoms with van der Waals surface area (Å²) < 4.78 is 0. The Morgan fingerprint density at radius 3 is 2.21 bits per heavy atom. The van der Waals surface area contributed by atoms with Crippen LogP contribution in [-0.2, 0) is 5.41 Å². The van der Waals surface area contributed by atoms with E-state index in [1.807, 2.05) is 0 Å². The quantitative estimate of drug-likeness (QED) is 0.765. The third-order valence-corrected chi connectivity index (χ3v) is 5.69. The minimum atomic E-state index is -0.885. The first kappa shape index (κ1) is 11.4. The minimum absolute atomic E-state index is 0.0695. The van der Waals surface area contributed by atoms with Gasteiger partial charge in [-0.2, -0.15) is 0 Å². The van der Waals surface area contributed by atoms with Crippen LogP contribution >= 0.6 is 0 Å². The normalized spacial score (nSPS) is 39.7. The molecule has 0 spiro atoms. The number of carbonyl (C=O) groups is 1. The van der Waals surface area contributed by atoms with Gasteiger partial charge in [0, 0.05) is 17.3 Å². The molecule has 1 aromatic rings. The lowest BCUT2D eigenvalue weighted by Gasteiger charge is -2.56. The van der Waals surface area contributed by atoms with Gasteiger partial charge in [0.25, 0.3) is 0 Å². The number of anilines is 1. The van der Waals surface area contributed by atoms with E-state index >= 15 is 0 Å². The van der Waals surface area contributed by atoms with Crippen LogP contribution in [0.2, 0.25) is 0 Å². The molecular weight excluding hydrogens is 240 g/mol. The number of carboxylic acid groups (broad SMARTS) is 1. The highest BCUT2D eigenvalue weighted by atomic mass is 16.4. The molecule has 0 aliphatic heterocycles. The molecule has 4 aliphatic rings. The molecule has 0 atom stereocenters. The van der Waals surface area contributed by atoms with Crippen LogP contribution in [0.1, 0.15) is 54.6 Å². The molecule has 4 fully saturated rings. The lowest BCUT2D eigenvalue weighted by Crippen LogP contribution is -2.49. The molecule has 4 N–H and O–H groups in total. The van der Waals surface area contributed by atoms with Gasteiger partial charge in [0.05, 0.1) is 5.69 Å². The molecule has 0 radical (unpaired) electrons. The van der Waals surface area contributed by atoms with Crippen LogP contribution in [0.15, 0.2) is 6.20 Å². The van der Waals surface area contributed by atoms with Gasteiger partial charge in [-0.25, -0.2) is 4.79 Å². The van der Waals surface area contributed by atoms with E-state index < -0.39 is 5.97 Å². The number of aromatic nitrogens is 1. The van der Waals surface area contributed by atoms with Crippen molar-refractivity contribution in [1.82, 2.24) is 4.98 Å². The van der Waals surface area contributed by atoms with Crippen LogP contribution in [0.5, 0.6) is 0 Å². The first-order chi connectivity index (χ1) is 9.07. The highest BCUT2D eigenvalue weighted by Crippen LogP contribution is 2.61. The SMILES string of the molecule is Nc1c[nH]c(C23CC4CC(CC(C4)C2)C3)c1C(=O)O. The van der Waals surface area contributed by atoms with E-state index in [0.29, 0.717) is 11.3 Å². The first-order valence-electron chi connectivity index (χ1n) is 7.28. The van der Waals surface area contributed by atoms with Gasteiger partial charge in [-0.05, 0) is 56.3 Å². The van der Waals surface area contributed by atoms with Gasteiger partial charge in [-0.1, -0.05) is 0 Å². The Kier molecular flexibility index (Phi) is 2.13. The van der Waals surface area contributed by atoms with Crippen LogP contribution in [0, 0.1) is 17.8 Å². The van der Waals surface area contributed by atoms with Crippen LogP contribution < -0.4 is 5.73 Å². The molecule has 0 amide bonds. The summed E-state index contributed by atoms with van der Waals surface area (Å²) >= 11 is 0. The van der Waals surface area contributed by atoms with Crippen molar-refractivity contribution in [3.05, 3.63) is 17.5 Å². The van der Waals surface area contributed by atoms with E-state index in [1.165, 1.54) is 19.3 Å². The van der Waals surface area contributed by atoms with Crippen LogP contribution in [-0.4, -0.2) is 16.1 Å². The number of rotatable bonds is 2. The molecule has 5 rings (SSSR count). The Morgan fingerprint density at radius 1 is 1.21 bits per heavy atom. The topological polar surface area (TPSA) is 79.1 Å². The summed E-state index contributed by atoms with van der Waals surface area (Å²) in [5, 5.41) is 9.44. The zero-order valence-corrected chi connectivity index (χ0v) is 11.0. The number of nitrogen functional groups attached to an aromatic ring is 1. The third-order valence-electron chi connectivity index (χ3n) is 5.69. The Bertz CT molecular complexity index is 511. The average Bonchev–Trinajstić information content (AvgIpc) is 2.70. The van der Waals surface area contributed by atoms with Crippen molar-refractivity contribution < 1.29 is 9.90 Å². The van der Waals surface area contributed by atoms with Gasteiger partial charge in [-0.3, -0.25) is 0 Å². The molecule has 4 bridgehead atoms. The van der Waals surface area contributed by atoms with E-state index in [-0.39, 0.29) is 5.41 Å². The first-order valence-corrected chi connectivity index (χ1v) is 7.28. The fourth-order valence-corrected chi connectivity index (χ4v) is 5.50. The Morgan fingerprint density at radius 2 is 1.74 bits per heavy atom. The summed E-state index contributed by atoms with van der Waals surface area (Å²) in [4.78, 5) is 14.7. The third kappa shape index (κ3) is 1.49. The average molecular weight is 260 g/mol. The van der Waals surface area contributed by atoms with Gasteiger partial charge in [-0.15, -0.1) is 0 Å². The van der Waals surface area contributed by atoms with Gasteiger partial charge < -0.3 is 15.8 Å². The summed E-state index contributed by atoms with van der Waals surface area (Å²) in [7, 11) is 0. The summed E-state index contributed by atoms with van der Waals surface area (Å²) in [6.07, 6.45) is 9.20. The fraction of sp³-hybridized carbons (Fsp3) is 0.667. The molecule has 4 nitrogen and oxygen atoms in total. The zero-order chi connectivity index (χ0) is 13.2. The second-order valence-electron chi connectivity index (χ2n) is 7.00. The number of carboxylic acids is 1.